The molecule has 1 aromatic carbocycles. The van der Waals surface area contributed by atoms with E-state index in [1.165, 1.54) is 0 Å². The third-order valence-electron chi connectivity index (χ3n) is 3.93. The minimum Gasteiger partial charge on any atom is -0.384 e. The molecule has 1 atom stereocenters. The van der Waals surface area contributed by atoms with Crippen molar-refractivity contribution < 1.29 is 5.11 Å². The van der Waals surface area contributed by atoms with Gasteiger partial charge in [-0.2, -0.15) is 0 Å². The first-order chi connectivity index (χ1) is 10.0. The topological polar surface area (TPSA) is 38.1 Å². The highest BCUT2D eigenvalue weighted by Crippen LogP contribution is 2.33. The van der Waals surface area contributed by atoms with Crippen molar-refractivity contribution in [3.05, 3.63) is 59.5 Å². The van der Waals surface area contributed by atoms with Gasteiger partial charge in [-0.15, -0.1) is 0 Å². The summed E-state index contributed by atoms with van der Waals surface area (Å²) in [5.74, 6) is 0. The molecule has 3 rings (SSSR count). The summed E-state index contributed by atoms with van der Waals surface area (Å²) in [6.07, 6.45) is 4.21. The lowest BCUT2D eigenvalue weighted by atomic mass is 9.99. The number of aliphatic hydroxyl groups is 1. The Labute approximate surface area is 128 Å². The number of benzene rings is 1. The van der Waals surface area contributed by atoms with Gasteiger partial charge in [-0.05, 0) is 49.7 Å². The summed E-state index contributed by atoms with van der Waals surface area (Å²) in [5.41, 5.74) is 1.95. The van der Waals surface area contributed by atoms with Crippen LogP contribution in [0, 0.1) is 0 Å². The van der Waals surface area contributed by atoms with Gasteiger partial charge in [-0.25, -0.2) is 0 Å². The number of halogens is 1. The normalized spacial score (nSPS) is 14.3. The summed E-state index contributed by atoms with van der Waals surface area (Å²) in [7, 11) is 0. The molecule has 3 nitrogen and oxygen atoms in total. The van der Waals surface area contributed by atoms with Crippen LogP contribution in [0.25, 0.3) is 16.6 Å². The molecule has 0 aliphatic heterocycles. The van der Waals surface area contributed by atoms with E-state index in [9.17, 15) is 5.11 Å². The van der Waals surface area contributed by atoms with Crippen molar-refractivity contribution in [2.24, 2.45) is 0 Å². The van der Waals surface area contributed by atoms with E-state index >= 15 is 0 Å². The second-order valence-corrected chi connectivity index (χ2v) is 5.84. The van der Waals surface area contributed by atoms with Crippen molar-refractivity contribution in [1.82, 2.24) is 9.55 Å². The van der Waals surface area contributed by atoms with Crippen LogP contribution < -0.4 is 0 Å². The average Bonchev–Trinajstić information content (AvgIpc) is 2.88. The van der Waals surface area contributed by atoms with E-state index in [0.29, 0.717) is 11.4 Å². The molecule has 0 fully saturated rings. The Bertz CT molecular complexity index is 775. The van der Waals surface area contributed by atoms with E-state index in [2.05, 4.69) is 9.55 Å². The summed E-state index contributed by atoms with van der Waals surface area (Å²) in [6.45, 7) is 3.81. The molecular formula is C17H17ClN2O. The Morgan fingerprint density at radius 1 is 1.24 bits per heavy atom. The molecule has 1 N–H and O–H groups in total. The van der Waals surface area contributed by atoms with Crippen LogP contribution in [0.5, 0.6) is 0 Å². The second kappa shape index (κ2) is 5.17. The predicted molar refractivity (Wildman–Crippen MR) is 85.9 cm³/mol. The van der Waals surface area contributed by atoms with Gasteiger partial charge in [0.2, 0.25) is 0 Å². The smallest absolute Gasteiger partial charge is 0.102 e. The van der Waals surface area contributed by atoms with Crippen molar-refractivity contribution >= 4 is 22.5 Å². The van der Waals surface area contributed by atoms with Crippen LogP contribution in [-0.2, 0) is 5.60 Å². The van der Waals surface area contributed by atoms with Gasteiger partial charge in [0.05, 0.1) is 11.2 Å². The first-order valence-corrected chi connectivity index (χ1v) is 7.35. The van der Waals surface area contributed by atoms with E-state index in [-0.39, 0.29) is 0 Å². The Morgan fingerprint density at radius 3 is 2.62 bits per heavy atom. The first-order valence-electron chi connectivity index (χ1n) is 6.97. The molecule has 0 aliphatic rings. The van der Waals surface area contributed by atoms with Gasteiger partial charge in [-0.1, -0.05) is 18.5 Å². The molecule has 4 heteroatoms. The molecule has 3 aromatic rings. The number of pyridine rings is 1. The predicted octanol–water partition coefficient (Wildman–Crippen LogP) is 4.30. The first kappa shape index (κ1) is 14.1. The van der Waals surface area contributed by atoms with Gasteiger partial charge in [0.15, 0.2) is 0 Å². The second-order valence-electron chi connectivity index (χ2n) is 5.40. The van der Waals surface area contributed by atoms with Crippen molar-refractivity contribution in [2.45, 2.75) is 25.9 Å². The molecule has 0 bridgehead atoms. The van der Waals surface area contributed by atoms with Crippen molar-refractivity contribution in [3.63, 3.8) is 0 Å². The fourth-order valence-corrected chi connectivity index (χ4v) is 2.63. The highest BCUT2D eigenvalue weighted by molar-refractivity contribution is 6.30. The van der Waals surface area contributed by atoms with E-state index in [0.717, 1.165) is 22.3 Å². The van der Waals surface area contributed by atoms with Crippen LogP contribution in [0.4, 0.5) is 0 Å². The Morgan fingerprint density at radius 2 is 1.95 bits per heavy atom. The molecule has 2 heterocycles. The van der Waals surface area contributed by atoms with Crippen molar-refractivity contribution in [1.29, 1.82) is 0 Å². The summed E-state index contributed by atoms with van der Waals surface area (Å²) < 4.78 is 2.07. The summed E-state index contributed by atoms with van der Waals surface area (Å²) in [5, 5.41) is 12.4. The maximum atomic E-state index is 10.7. The fraction of sp³-hybridized carbons (Fsp3) is 0.235. The van der Waals surface area contributed by atoms with E-state index in [4.69, 9.17) is 11.6 Å². The number of fused-ring (bicyclic) bond motifs is 1. The van der Waals surface area contributed by atoms with Crippen LogP contribution >= 0.6 is 11.6 Å². The zero-order valence-corrected chi connectivity index (χ0v) is 12.8. The lowest BCUT2D eigenvalue weighted by molar-refractivity contribution is 0.0472. The maximum Gasteiger partial charge on any atom is 0.102 e. The van der Waals surface area contributed by atoms with Gasteiger partial charge in [0, 0.05) is 28.5 Å². The molecule has 0 radical (unpaired) electrons. The fourth-order valence-electron chi connectivity index (χ4n) is 2.50. The summed E-state index contributed by atoms with van der Waals surface area (Å²) in [4.78, 5) is 4.17. The van der Waals surface area contributed by atoms with Crippen molar-refractivity contribution in [2.75, 3.05) is 0 Å². The van der Waals surface area contributed by atoms with Crippen molar-refractivity contribution in [3.8, 4) is 5.69 Å². The Kier molecular flexibility index (Phi) is 3.47. The minimum absolute atomic E-state index is 0.629. The van der Waals surface area contributed by atoms with Crippen LogP contribution in [0.3, 0.4) is 0 Å². The minimum atomic E-state index is -0.904. The highest BCUT2D eigenvalue weighted by atomic mass is 35.5. The number of hydrogen-bond donors (Lipinski definition) is 1. The number of rotatable bonds is 3. The molecule has 0 aliphatic carbocycles. The molecule has 2 aromatic heterocycles. The van der Waals surface area contributed by atoms with Crippen LogP contribution in [0.15, 0.2) is 48.8 Å². The van der Waals surface area contributed by atoms with Gasteiger partial charge in [-0.3, -0.25) is 4.98 Å². The quantitative estimate of drug-likeness (QED) is 0.783. The largest absolute Gasteiger partial charge is 0.384 e. The molecule has 0 saturated carbocycles. The Balaban J connectivity index is 2.32. The third kappa shape index (κ3) is 2.43. The standard InChI is InChI=1S/C17H17ClN2O/c1-3-17(2,21)16-10-12-11-19-9-8-15(12)20(16)14-6-4-13(18)5-7-14/h4-11,21H,3H2,1-2H3. The summed E-state index contributed by atoms with van der Waals surface area (Å²) in [6, 6.07) is 11.6. The molecule has 1 unspecified atom stereocenters. The summed E-state index contributed by atoms with van der Waals surface area (Å²) >= 11 is 5.98. The number of nitrogens with zero attached hydrogens (tertiary/aromatic N) is 2. The lowest BCUT2D eigenvalue weighted by Gasteiger charge is -2.24. The number of hydrogen-bond acceptors (Lipinski definition) is 2. The third-order valence-corrected chi connectivity index (χ3v) is 4.18. The lowest BCUT2D eigenvalue weighted by Crippen LogP contribution is -2.23. The van der Waals surface area contributed by atoms with E-state index in [1.54, 1.807) is 6.20 Å². The highest BCUT2D eigenvalue weighted by Gasteiger charge is 2.26. The molecule has 108 valence electrons. The molecule has 0 saturated heterocycles. The van der Waals surface area contributed by atoms with E-state index in [1.807, 2.05) is 56.4 Å². The average molecular weight is 301 g/mol. The SMILES string of the molecule is CCC(C)(O)c1cc2cnccc2n1-c1ccc(Cl)cc1. The van der Waals surface area contributed by atoms with Crippen LogP contribution in [0.2, 0.25) is 5.02 Å². The van der Waals surface area contributed by atoms with Gasteiger partial charge >= 0.3 is 0 Å². The molecule has 0 spiro atoms. The Hall–Kier alpha value is -1.84. The zero-order valence-electron chi connectivity index (χ0n) is 12.0. The van der Waals surface area contributed by atoms with Gasteiger partial charge < -0.3 is 9.67 Å². The maximum absolute atomic E-state index is 10.7. The van der Waals surface area contributed by atoms with E-state index < -0.39 is 5.60 Å². The van der Waals surface area contributed by atoms with Crippen LogP contribution in [0.1, 0.15) is 26.0 Å². The molecule has 21 heavy (non-hydrogen) atoms. The zero-order chi connectivity index (χ0) is 15.0. The van der Waals surface area contributed by atoms with Gasteiger partial charge in [0.1, 0.15) is 5.60 Å². The monoisotopic (exact) mass is 300 g/mol. The van der Waals surface area contributed by atoms with Gasteiger partial charge in [0.25, 0.3) is 0 Å². The molecule has 0 amide bonds. The molecular weight excluding hydrogens is 284 g/mol. The van der Waals surface area contributed by atoms with Crippen LogP contribution in [-0.4, -0.2) is 14.7 Å². The number of aromatic nitrogens is 2.